The van der Waals surface area contributed by atoms with Crippen LogP contribution < -0.4 is 0 Å². The molecule has 0 radical (unpaired) electrons. The summed E-state index contributed by atoms with van der Waals surface area (Å²) >= 11 is 0. The number of pyridine rings is 1. The summed E-state index contributed by atoms with van der Waals surface area (Å²) in [6, 6.07) is 42.8. The summed E-state index contributed by atoms with van der Waals surface area (Å²) in [5, 5.41) is 4.68. The van der Waals surface area contributed by atoms with Crippen LogP contribution in [0.15, 0.2) is 138 Å². The van der Waals surface area contributed by atoms with Crippen LogP contribution in [-0.4, -0.2) is 9.55 Å². The second-order valence-electron chi connectivity index (χ2n) is 9.66. The van der Waals surface area contributed by atoms with E-state index in [-0.39, 0.29) is 0 Å². The molecule has 3 heteroatoms. The van der Waals surface area contributed by atoms with Crippen molar-refractivity contribution in [3.63, 3.8) is 0 Å². The van der Waals surface area contributed by atoms with Gasteiger partial charge in [-0.1, -0.05) is 78.9 Å². The van der Waals surface area contributed by atoms with Crippen LogP contribution in [0.1, 0.15) is 0 Å². The van der Waals surface area contributed by atoms with Crippen molar-refractivity contribution in [1.29, 1.82) is 0 Å². The van der Waals surface area contributed by atoms with Crippen molar-refractivity contribution in [3.8, 4) is 27.9 Å². The van der Waals surface area contributed by atoms with Crippen molar-refractivity contribution < 1.29 is 4.42 Å². The quantitative estimate of drug-likeness (QED) is 0.249. The number of benzene rings is 5. The van der Waals surface area contributed by atoms with Crippen molar-refractivity contribution in [3.05, 3.63) is 134 Å². The molecule has 0 fully saturated rings. The van der Waals surface area contributed by atoms with E-state index in [9.17, 15) is 0 Å². The highest BCUT2D eigenvalue weighted by Gasteiger charge is 2.18. The van der Waals surface area contributed by atoms with Crippen LogP contribution in [0.5, 0.6) is 0 Å². The van der Waals surface area contributed by atoms with E-state index < -0.39 is 0 Å². The summed E-state index contributed by atoms with van der Waals surface area (Å²) in [6.45, 7) is 0. The Bertz CT molecular complexity index is 2120. The molecule has 0 saturated heterocycles. The first-order valence-electron chi connectivity index (χ1n) is 12.8. The van der Waals surface area contributed by atoms with E-state index in [2.05, 4.69) is 113 Å². The molecule has 3 nitrogen and oxygen atoms in total. The van der Waals surface area contributed by atoms with Gasteiger partial charge in [-0.05, 0) is 59.2 Å². The van der Waals surface area contributed by atoms with Gasteiger partial charge < -0.3 is 8.98 Å². The molecule has 0 amide bonds. The lowest BCUT2D eigenvalue weighted by atomic mass is 10.0. The monoisotopic (exact) mass is 486 g/mol. The zero-order chi connectivity index (χ0) is 25.1. The van der Waals surface area contributed by atoms with Gasteiger partial charge in [0.15, 0.2) is 0 Å². The van der Waals surface area contributed by atoms with Gasteiger partial charge in [-0.15, -0.1) is 0 Å². The zero-order valence-corrected chi connectivity index (χ0v) is 20.5. The molecule has 0 aliphatic heterocycles. The predicted molar refractivity (Wildman–Crippen MR) is 157 cm³/mol. The van der Waals surface area contributed by atoms with E-state index in [1.807, 2.05) is 30.6 Å². The Balaban J connectivity index is 1.50. The lowest BCUT2D eigenvalue weighted by molar-refractivity contribution is 0.669. The molecule has 8 rings (SSSR count). The Labute approximate surface area is 219 Å². The van der Waals surface area contributed by atoms with Gasteiger partial charge in [-0.3, -0.25) is 4.98 Å². The Kier molecular flexibility index (Phi) is 4.52. The summed E-state index contributed by atoms with van der Waals surface area (Å²) in [7, 11) is 0. The maximum absolute atomic E-state index is 6.26. The summed E-state index contributed by atoms with van der Waals surface area (Å²) in [5.74, 6) is 0. The largest absolute Gasteiger partial charge is 0.456 e. The smallest absolute Gasteiger partial charge is 0.137 e. The molecule has 0 saturated carbocycles. The van der Waals surface area contributed by atoms with E-state index in [1.54, 1.807) is 0 Å². The molecule has 38 heavy (non-hydrogen) atoms. The lowest BCUT2D eigenvalue weighted by Gasteiger charge is -2.11. The number of para-hydroxylation sites is 1. The average molecular weight is 487 g/mol. The molecule has 0 aliphatic rings. The van der Waals surface area contributed by atoms with E-state index in [0.717, 1.165) is 44.3 Å². The summed E-state index contributed by atoms with van der Waals surface area (Å²) in [6.07, 6.45) is 3.74. The van der Waals surface area contributed by atoms with E-state index in [1.165, 1.54) is 27.4 Å². The molecule has 3 heterocycles. The standard InChI is InChI=1S/C35H22N2O/c1-2-8-23(9-3-1)25-15-17-27-29-20-24(26-10-7-19-36-22-26)16-18-30(29)37(32(27)21-25)31-12-6-14-34-35(31)28-11-4-5-13-33(28)38-34/h1-22H. The number of fused-ring (bicyclic) bond motifs is 6. The Morgan fingerprint density at radius 1 is 0.500 bits per heavy atom. The van der Waals surface area contributed by atoms with Gasteiger partial charge in [0.1, 0.15) is 11.2 Å². The van der Waals surface area contributed by atoms with Crippen molar-refractivity contribution in [2.45, 2.75) is 0 Å². The molecule has 0 bridgehead atoms. The molecule has 0 spiro atoms. The number of aromatic nitrogens is 2. The predicted octanol–water partition coefficient (Wildman–Crippen LogP) is 9.41. The second kappa shape index (κ2) is 8.19. The molecule has 0 aliphatic carbocycles. The zero-order valence-electron chi connectivity index (χ0n) is 20.5. The Morgan fingerprint density at radius 2 is 1.29 bits per heavy atom. The molecule has 3 aromatic heterocycles. The molecule has 0 unspecified atom stereocenters. The molecule has 0 atom stereocenters. The van der Waals surface area contributed by atoms with Crippen LogP contribution in [0.3, 0.4) is 0 Å². The average Bonchev–Trinajstić information content (AvgIpc) is 3.53. The van der Waals surface area contributed by atoms with Crippen LogP contribution >= 0.6 is 0 Å². The Hall–Kier alpha value is -5.15. The van der Waals surface area contributed by atoms with Crippen molar-refractivity contribution >= 4 is 43.7 Å². The SMILES string of the molecule is c1ccc(-c2ccc3c4cc(-c5cccnc5)ccc4n(-c4cccc5oc6ccccc6c45)c3c2)cc1. The lowest BCUT2D eigenvalue weighted by Crippen LogP contribution is -1.95. The molecule has 178 valence electrons. The van der Waals surface area contributed by atoms with Crippen molar-refractivity contribution in [1.82, 2.24) is 9.55 Å². The minimum Gasteiger partial charge on any atom is -0.456 e. The number of rotatable bonds is 3. The van der Waals surface area contributed by atoms with Crippen LogP contribution in [-0.2, 0) is 0 Å². The number of hydrogen-bond donors (Lipinski definition) is 0. The van der Waals surface area contributed by atoms with Gasteiger partial charge in [-0.25, -0.2) is 0 Å². The Morgan fingerprint density at radius 3 is 2.18 bits per heavy atom. The fourth-order valence-electron chi connectivity index (χ4n) is 5.75. The molecule has 5 aromatic carbocycles. The highest BCUT2D eigenvalue weighted by Crippen LogP contribution is 2.40. The van der Waals surface area contributed by atoms with Gasteiger partial charge >= 0.3 is 0 Å². The van der Waals surface area contributed by atoms with Crippen LogP contribution in [0.4, 0.5) is 0 Å². The first-order chi connectivity index (χ1) is 18.8. The third-order valence-corrected chi connectivity index (χ3v) is 7.49. The normalized spacial score (nSPS) is 11.7. The summed E-state index contributed by atoms with van der Waals surface area (Å²) in [4.78, 5) is 4.34. The van der Waals surface area contributed by atoms with E-state index in [0.29, 0.717) is 0 Å². The van der Waals surface area contributed by atoms with Gasteiger partial charge in [0.25, 0.3) is 0 Å². The van der Waals surface area contributed by atoms with Gasteiger partial charge in [0.2, 0.25) is 0 Å². The number of furan rings is 1. The number of nitrogens with zero attached hydrogens (tertiary/aromatic N) is 2. The third kappa shape index (κ3) is 3.12. The minimum atomic E-state index is 0.893. The minimum absolute atomic E-state index is 0.893. The maximum atomic E-state index is 6.26. The summed E-state index contributed by atoms with van der Waals surface area (Å²) in [5.41, 5.74) is 9.91. The van der Waals surface area contributed by atoms with Crippen molar-refractivity contribution in [2.75, 3.05) is 0 Å². The highest BCUT2D eigenvalue weighted by atomic mass is 16.3. The van der Waals surface area contributed by atoms with Gasteiger partial charge in [0, 0.05) is 34.1 Å². The maximum Gasteiger partial charge on any atom is 0.137 e. The molecular formula is C35H22N2O. The molecule has 0 N–H and O–H groups in total. The third-order valence-electron chi connectivity index (χ3n) is 7.49. The number of hydrogen-bond acceptors (Lipinski definition) is 2. The highest BCUT2D eigenvalue weighted by molar-refractivity contribution is 6.15. The van der Waals surface area contributed by atoms with E-state index in [4.69, 9.17) is 4.42 Å². The fourth-order valence-corrected chi connectivity index (χ4v) is 5.75. The first-order valence-corrected chi connectivity index (χ1v) is 12.8. The van der Waals surface area contributed by atoms with Gasteiger partial charge in [-0.2, -0.15) is 0 Å². The van der Waals surface area contributed by atoms with E-state index >= 15 is 0 Å². The molecular weight excluding hydrogens is 464 g/mol. The van der Waals surface area contributed by atoms with Crippen molar-refractivity contribution in [2.24, 2.45) is 0 Å². The summed E-state index contributed by atoms with van der Waals surface area (Å²) < 4.78 is 8.66. The second-order valence-corrected chi connectivity index (χ2v) is 9.66. The first kappa shape index (κ1) is 21.0. The van der Waals surface area contributed by atoms with Crippen LogP contribution in [0.25, 0.3) is 71.7 Å². The van der Waals surface area contributed by atoms with Crippen LogP contribution in [0.2, 0.25) is 0 Å². The topological polar surface area (TPSA) is 31.0 Å². The van der Waals surface area contributed by atoms with Gasteiger partial charge in [0.05, 0.1) is 22.1 Å². The van der Waals surface area contributed by atoms with Crippen LogP contribution in [0, 0.1) is 0 Å². The fraction of sp³-hybridized carbons (Fsp3) is 0. The molecule has 8 aromatic rings.